The number of rotatable bonds is 11. The molecule has 0 saturated heterocycles. The highest BCUT2D eigenvalue weighted by atomic mass is 16.5. The summed E-state index contributed by atoms with van der Waals surface area (Å²) in [6, 6.07) is 39.0. The number of carboxylic acid groups (broad SMARTS) is 1. The van der Waals surface area contributed by atoms with Crippen molar-refractivity contribution in [3.63, 3.8) is 0 Å². The summed E-state index contributed by atoms with van der Waals surface area (Å²) in [5.41, 5.74) is 4.82. The summed E-state index contributed by atoms with van der Waals surface area (Å²) in [5.74, 6) is -0.525. The fourth-order valence-electron chi connectivity index (χ4n) is 6.08. The first-order valence-electron chi connectivity index (χ1n) is 15.5. The third-order valence-corrected chi connectivity index (χ3v) is 8.30. The molecule has 232 valence electrons. The lowest BCUT2D eigenvalue weighted by atomic mass is 10.0. The van der Waals surface area contributed by atoms with Gasteiger partial charge in [-0.1, -0.05) is 103 Å². The van der Waals surface area contributed by atoms with Crippen LogP contribution < -0.4 is 10.1 Å². The van der Waals surface area contributed by atoms with Gasteiger partial charge in [0.25, 0.3) is 5.91 Å². The van der Waals surface area contributed by atoms with Crippen LogP contribution in [0.25, 0.3) is 38.6 Å². The largest absolute Gasteiger partial charge is 0.493 e. The Morgan fingerprint density at radius 2 is 1.51 bits per heavy atom. The zero-order valence-electron chi connectivity index (χ0n) is 25.5. The molecule has 0 aliphatic rings. The second-order valence-electron chi connectivity index (χ2n) is 11.3. The Morgan fingerprint density at radius 1 is 0.809 bits per heavy atom. The summed E-state index contributed by atoms with van der Waals surface area (Å²) in [5, 5.41) is 20.8. The van der Waals surface area contributed by atoms with Crippen LogP contribution in [0.5, 0.6) is 5.75 Å². The molecule has 0 saturated carbocycles. The third kappa shape index (κ3) is 5.96. The van der Waals surface area contributed by atoms with Gasteiger partial charge in [-0.15, -0.1) is 0 Å². The first-order valence-corrected chi connectivity index (χ1v) is 15.5. The van der Waals surface area contributed by atoms with Crippen LogP contribution in [0.15, 0.2) is 128 Å². The monoisotopic (exact) mass is 620 g/mol. The lowest BCUT2D eigenvalue weighted by Gasteiger charge is -2.12. The molecule has 1 amide bonds. The Morgan fingerprint density at radius 3 is 2.32 bits per heavy atom. The maximum Gasteiger partial charge on any atom is 0.352 e. The van der Waals surface area contributed by atoms with Crippen molar-refractivity contribution < 1.29 is 19.4 Å². The highest BCUT2D eigenvalue weighted by Gasteiger charge is 2.25. The lowest BCUT2D eigenvalue weighted by Crippen LogP contribution is -2.23. The van der Waals surface area contributed by atoms with Gasteiger partial charge < -0.3 is 20.1 Å². The summed E-state index contributed by atoms with van der Waals surface area (Å²) >= 11 is 0. The summed E-state index contributed by atoms with van der Waals surface area (Å²) in [6.07, 6.45) is 2.65. The van der Waals surface area contributed by atoms with Crippen molar-refractivity contribution in [1.29, 1.82) is 0 Å². The maximum absolute atomic E-state index is 13.7. The molecule has 5 aromatic carbocycles. The number of aromatic nitrogens is 3. The minimum absolute atomic E-state index is 0.124. The normalized spacial score (nSPS) is 11.1. The number of aromatic amines is 1. The van der Waals surface area contributed by atoms with E-state index >= 15 is 0 Å². The Kier molecular flexibility index (Phi) is 8.22. The van der Waals surface area contributed by atoms with Gasteiger partial charge in [0.1, 0.15) is 11.4 Å². The molecule has 0 aliphatic carbocycles. The van der Waals surface area contributed by atoms with E-state index in [0.29, 0.717) is 53.9 Å². The predicted octanol–water partition coefficient (Wildman–Crippen LogP) is 7.81. The Labute approximate surface area is 271 Å². The lowest BCUT2D eigenvalue weighted by molar-refractivity contribution is 0.0690. The minimum Gasteiger partial charge on any atom is -0.493 e. The molecule has 0 bridgehead atoms. The summed E-state index contributed by atoms with van der Waals surface area (Å²) in [4.78, 5) is 29.4. The topological polar surface area (TPSA) is 109 Å². The van der Waals surface area contributed by atoms with Crippen molar-refractivity contribution in [3.8, 4) is 22.7 Å². The molecule has 0 fully saturated rings. The maximum atomic E-state index is 13.7. The van der Waals surface area contributed by atoms with Crippen LogP contribution in [0.3, 0.4) is 0 Å². The van der Waals surface area contributed by atoms with Crippen molar-refractivity contribution in [2.24, 2.45) is 0 Å². The SMILES string of the molecule is O=C(NCc1ccccc1)c1cnn(-c2ccccc2)c1-c1cccc2c(CCCOc3cccc4ccccc34)c(C(=O)O)[nH]c12. The highest BCUT2D eigenvalue weighted by Crippen LogP contribution is 2.36. The average molecular weight is 621 g/mol. The van der Waals surface area contributed by atoms with E-state index in [1.165, 1.54) is 0 Å². The Balaban J connectivity index is 1.23. The number of carboxylic acids is 1. The highest BCUT2D eigenvalue weighted by molar-refractivity contribution is 6.07. The first-order chi connectivity index (χ1) is 23.1. The molecule has 47 heavy (non-hydrogen) atoms. The summed E-state index contributed by atoms with van der Waals surface area (Å²) in [7, 11) is 0. The Bertz CT molecular complexity index is 2200. The van der Waals surface area contributed by atoms with Gasteiger partial charge in [-0.3, -0.25) is 4.79 Å². The molecule has 3 N–H and O–H groups in total. The number of hydrogen-bond acceptors (Lipinski definition) is 4. The summed E-state index contributed by atoms with van der Waals surface area (Å²) in [6.45, 7) is 0.780. The number of ether oxygens (including phenoxy) is 1. The number of benzene rings is 5. The van der Waals surface area contributed by atoms with Crippen LogP contribution in [-0.4, -0.2) is 38.4 Å². The van der Waals surface area contributed by atoms with Crippen LogP contribution in [-0.2, 0) is 13.0 Å². The summed E-state index contributed by atoms with van der Waals surface area (Å²) < 4.78 is 7.89. The molecule has 0 radical (unpaired) electrons. The molecule has 2 aromatic heterocycles. The van der Waals surface area contributed by atoms with Crippen LogP contribution in [0.1, 0.15) is 38.4 Å². The average Bonchev–Trinajstić information content (AvgIpc) is 3.73. The van der Waals surface area contributed by atoms with Gasteiger partial charge in [-0.2, -0.15) is 5.10 Å². The van der Waals surface area contributed by atoms with E-state index in [0.717, 1.165) is 33.2 Å². The van der Waals surface area contributed by atoms with E-state index < -0.39 is 5.97 Å². The zero-order valence-corrected chi connectivity index (χ0v) is 25.5. The number of carbonyl (C=O) groups excluding carboxylic acids is 1. The number of amides is 1. The molecule has 0 unspecified atom stereocenters. The second-order valence-corrected chi connectivity index (χ2v) is 11.3. The fraction of sp³-hybridized carbons (Fsp3) is 0.103. The third-order valence-electron chi connectivity index (χ3n) is 8.30. The number of H-pyrrole nitrogens is 1. The minimum atomic E-state index is -1.05. The van der Waals surface area contributed by atoms with Crippen LogP contribution in [0, 0.1) is 0 Å². The quantitative estimate of drug-likeness (QED) is 0.128. The fourth-order valence-corrected chi connectivity index (χ4v) is 6.08. The number of hydrogen-bond donors (Lipinski definition) is 3. The first kappa shape index (κ1) is 29.6. The molecule has 8 nitrogen and oxygen atoms in total. The van der Waals surface area contributed by atoms with E-state index in [2.05, 4.69) is 15.4 Å². The van der Waals surface area contributed by atoms with Crippen molar-refractivity contribution in [2.45, 2.75) is 19.4 Å². The number of aromatic carboxylic acids is 1. The van der Waals surface area contributed by atoms with Crippen molar-refractivity contribution in [1.82, 2.24) is 20.1 Å². The van der Waals surface area contributed by atoms with E-state index in [-0.39, 0.29) is 11.6 Å². The molecule has 0 atom stereocenters. The van der Waals surface area contributed by atoms with Gasteiger partial charge in [0.15, 0.2) is 0 Å². The van der Waals surface area contributed by atoms with Gasteiger partial charge >= 0.3 is 5.97 Å². The molecule has 7 aromatic rings. The van der Waals surface area contributed by atoms with E-state index in [1.807, 2.05) is 121 Å². The molecule has 2 heterocycles. The van der Waals surface area contributed by atoms with Crippen molar-refractivity contribution in [2.75, 3.05) is 6.61 Å². The molecule has 8 heteroatoms. The van der Waals surface area contributed by atoms with Crippen molar-refractivity contribution >= 4 is 33.6 Å². The molecule has 0 aliphatic heterocycles. The van der Waals surface area contributed by atoms with Crippen LogP contribution in [0.4, 0.5) is 0 Å². The predicted molar refractivity (Wildman–Crippen MR) is 183 cm³/mol. The number of nitrogens with zero attached hydrogens (tertiary/aromatic N) is 2. The van der Waals surface area contributed by atoms with E-state index in [9.17, 15) is 14.7 Å². The van der Waals surface area contributed by atoms with E-state index in [1.54, 1.807) is 10.9 Å². The van der Waals surface area contributed by atoms with Gasteiger partial charge in [0, 0.05) is 22.9 Å². The number of carbonyl (C=O) groups is 2. The Hall–Kier alpha value is -6.15. The van der Waals surface area contributed by atoms with Crippen molar-refractivity contribution in [3.05, 3.63) is 150 Å². The number of aryl methyl sites for hydroxylation is 1. The van der Waals surface area contributed by atoms with Gasteiger partial charge in [0.05, 0.1) is 35.3 Å². The van der Waals surface area contributed by atoms with Gasteiger partial charge in [-0.05, 0) is 47.6 Å². The number of para-hydroxylation sites is 2. The number of fused-ring (bicyclic) bond motifs is 2. The van der Waals surface area contributed by atoms with Gasteiger partial charge in [0.2, 0.25) is 0 Å². The molecular formula is C39H32N4O4. The van der Waals surface area contributed by atoms with E-state index in [4.69, 9.17) is 4.74 Å². The smallest absolute Gasteiger partial charge is 0.352 e. The molecule has 7 rings (SSSR count). The standard InChI is InChI=1S/C39H32N4O4/c44-38(40-24-26-12-3-1-4-13-26)33-25-41-43(28-16-5-2-6-17-28)37(33)32-20-10-19-30-31(36(39(45)46)42-35(30)32)21-11-23-47-34-22-9-15-27-14-7-8-18-29(27)34/h1-10,12-20,22,25,42H,11,21,23-24H2,(H,40,44)(H,45,46). The van der Waals surface area contributed by atoms with Crippen LogP contribution in [0.2, 0.25) is 0 Å². The zero-order chi connectivity index (χ0) is 32.2. The molecule has 0 spiro atoms. The van der Waals surface area contributed by atoms with Crippen LogP contribution >= 0.6 is 0 Å². The van der Waals surface area contributed by atoms with Gasteiger partial charge in [-0.25, -0.2) is 9.48 Å². The molecular weight excluding hydrogens is 588 g/mol. The second kappa shape index (κ2) is 13.1. The number of nitrogens with one attached hydrogen (secondary N) is 2.